The van der Waals surface area contributed by atoms with E-state index in [0.717, 1.165) is 19.3 Å². The third kappa shape index (κ3) is 4.84. The molecule has 4 heteroatoms. The predicted octanol–water partition coefficient (Wildman–Crippen LogP) is 4.04. The minimum atomic E-state index is -2.51. The average Bonchev–Trinajstić information content (AvgIpc) is 2.67. The summed E-state index contributed by atoms with van der Waals surface area (Å²) < 4.78 is 5.47. The van der Waals surface area contributed by atoms with E-state index >= 15 is 0 Å². The molecule has 0 aliphatic heterocycles. The molecule has 0 atom stereocenters. The quantitative estimate of drug-likeness (QED) is 0.307. The van der Waals surface area contributed by atoms with E-state index in [1.807, 2.05) is 0 Å². The summed E-state index contributed by atoms with van der Waals surface area (Å²) in [5.41, 5.74) is 0.477. The highest BCUT2D eigenvalue weighted by Crippen LogP contribution is 2.22. The lowest BCUT2D eigenvalue weighted by molar-refractivity contribution is -0.134. The molecule has 0 saturated heterocycles. The van der Waals surface area contributed by atoms with Crippen LogP contribution in [0.15, 0.2) is 60.7 Å². The van der Waals surface area contributed by atoms with Gasteiger partial charge in [0.2, 0.25) is 11.6 Å². The fourth-order valence-corrected chi connectivity index (χ4v) is 2.55. The van der Waals surface area contributed by atoms with E-state index in [0.29, 0.717) is 6.42 Å². The molecule has 0 spiro atoms. The standard InChI is InChI=1S/C21H24O4/c1-2-3-4-11-16-25-21(24,19(22)17-12-7-5-8-13-17)20(23)18-14-9-6-10-15-18/h5-10,12-15,24H,2-4,11,16H2,1H3. The largest absolute Gasteiger partial charge is 0.353 e. The van der Waals surface area contributed by atoms with Crippen molar-refractivity contribution in [3.05, 3.63) is 71.8 Å². The van der Waals surface area contributed by atoms with Crippen LogP contribution in [0, 0.1) is 0 Å². The first-order chi connectivity index (χ1) is 12.1. The van der Waals surface area contributed by atoms with Crippen LogP contribution < -0.4 is 0 Å². The number of aliphatic hydroxyl groups is 1. The Labute approximate surface area is 148 Å². The molecule has 2 aromatic rings. The molecule has 0 aliphatic rings. The van der Waals surface area contributed by atoms with Crippen molar-refractivity contribution in [1.82, 2.24) is 0 Å². The van der Waals surface area contributed by atoms with E-state index < -0.39 is 17.4 Å². The summed E-state index contributed by atoms with van der Waals surface area (Å²) in [6.45, 7) is 2.24. The van der Waals surface area contributed by atoms with E-state index in [1.54, 1.807) is 60.7 Å². The third-order valence-electron chi connectivity index (χ3n) is 4.00. The monoisotopic (exact) mass is 340 g/mol. The number of hydrogen-bond donors (Lipinski definition) is 1. The zero-order valence-corrected chi connectivity index (χ0v) is 14.5. The summed E-state index contributed by atoms with van der Waals surface area (Å²) in [6.07, 6.45) is 3.71. The summed E-state index contributed by atoms with van der Waals surface area (Å²) in [5, 5.41) is 10.9. The SMILES string of the molecule is CCCCCCOC(O)(C(=O)c1ccccc1)C(=O)c1ccccc1. The van der Waals surface area contributed by atoms with E-state index in [4.69, 9.17) is 4.74 Å². The van der Waals surface area contributed by atoms with Crippen LogP contribution in [0.3, 0.4) is 0 Å². The highest BCUT2D eigenvalue weighted by molar-refractivity contribution is 6.21. The number of carbonyl (C=O) groups is 2. The molecule has 25 heavy (non-hydrogen) atoms. The van der Waals surface area contributed by atoms with Crippen LogP contribution in [-0.4, -0.2) is 29.1 Å². The molecule has 0 radical (unpaired) electrons. The van der Waals surface area contributed by atoms with Crippen molar-refractivity contribution in [3.63, 3.8) is 0 Å². The van der Waals surface area contributed by atoms with Crippen molar-refractivity contribution < 1.29 is 19.4 Å². The Kier molecular flexibility index (Phi) is 7.04. The summed E-state index contributed by atoms with van der Waals surface area (Å²) in [7, 11) is 0. The first-order valence-corrected chi connectivity index (χ1v) is 8.65. The first kappa shape index (κ1) is 19.0. The number of unbranched alkanes of at least 4 members (excludes halogenated alkanes) is 3. The Morgan fingerprint density at radius 2 is 1.32 bits per heavy atom. The molecule has 1 N–H and O–H groups in total. The molecule has 2 aromatic carbocycles. The fraction of sp³-hybridized carbons (Fsp3) is 0.333. The zero-order chi connectivity index (χ0) is 18.1. The smallest absolute Gasteiger partial charge is 0.297 e. The number of hydrogen-bond acceptors (Lipinski definition) is 4. The van der Waals surface area contributed by atoms with Crippen LogP contribution in [0.5, 0.6) is 0 Å². The molecule has 0 unspecified atom stereocenters. The van der Waals surface area contributed by atoms with E-state index in [2.05, 4.69) is 6.92 Å². The summed E-state index contributed by atoms with van der Waals surface area (Å²) in [5.74, 6) is -3.98. The zero-order valence-electron chi connectivity index (χ0n) is 14.5. The lowest BCUT2D eigenvalue weighted by Crippen LogP contribution is -2.49. The van der Waals surface area contributed by atoms with Crippen LogP contribution in [-0.2, 0) is 4.74 Å². The number of carbonyl (C=O) groups excluding carboxylic acids is 2. The van der Waals surface area contributed by atoms with Gasteiger partial charge < -0.3 is 9.84 Å². The molecular weight excluding hydrogens is 316 g/mol. The molecule has 0 bridgehead atoms. The topological polar surface area (TPSA) is 63.6 Å². The van der Waals surface area contributed by atoms with Gasteiger partial charge in [-0.15, -0.1) is 0 Å². The van der Waals surface area contributed by atoms with Gasteiger partial charge in [-0.25, -0.2) is 0 Å². The van der Waals surface area contributed by atoms with Gasteiger partial charge in [-0.2, -0.15) is 0 Å². The second-order valence-electron chi connectivity index (χ2n) is 5.94. The van der Waals surface area contributed by atoms with Crippen molar-refractivity contribution in [2.24, 2.45) is 0 Å². The Hall–Kier alpha value is -2.30. The molecule has 0 heterocycles. The molecule has 0 aromatic heterocycles. The Morgan fingerprint density at radius 3 is 1.76 bits per heavy atom. The maximum atomic E-state index is 12.8. The van der Waals surface area contributed by atoms with Crippen LogP contribution in [0.4, 0.5) is 0 Å². The number of ketones is 2. The maximum Gasteiger partial charge on any atom is 0.297 e. The Morgan fingerprint density at radius 1 is 0.840 bits per heavy atom. The van der Waals surface area contributed by atoms with Crippen LogP contribution >= 0.6 is 0 Å². The highest BCUT2D eigenvalue weighted by Gasteiger charge is 2.46. The summed E-state index contributed by atoms with van der Waals surface area (Å²) >= 11 is 0. The van der Waals surface area contributed by atoms with Gasteiger partial charge in [-0.05, 0) is 6.42 Å². The minimum Gasteiger partial charge on any atom is -0.353 e. The normalized spacial score (nSPS) is 11.3. The lowest BCUT2D eigenvalue weighted by Gasteiger charge is -2.25. The van der Waals surface area contributed by atoms with Gasteiger partial charge in [0.05, 0.1) is 6.61 Å². The summed E-state index contributed by atoms with van der Waals surface area (Å²) in [4.78, 5) is 25.6. The number of benzene rings is 2. The van der Waals surface area contributed by atoms with Crippen molar-refractivity contribution in [2.75, 3.05) is 6.61 Å². The van der Waals surface area contributed by atoms with E-state index in [-0.39, 0.29) is 17.7 Å². The van der Waals surface area contributed by atoms with Gasteiger partial charge in [0.25, 0.3) is 5.79 Å². The van der Waals surface area contributed by atoms with Crippen molar-refractivity contribution in [2.45, 2.75) is 38.4 Å². The van der Waals surface area contributed by atoms with Gasteiger partial charge in [0, 0.05) is 11.1 Å². The van der Waals surface area contributed by atoms with Crippen molar-refractivity contribution in [3.8, 4) is 0 Å². The van der Waals surface area contributed by atoms with E-state index in [1.165, 1.54) is 0 Å². The molecule has 2 rings (SSSR count). The van der Waals surface area contributed by atoms with Crippen LogP contribution in [0.2, 0.25) is 0 Å². The Balaban J connectivity index is 2.24. The average molecular weight is 340 g/mol. The molecule has 0 aliphatic carbocycles. The lowest BCUT2D eigenvalue weighted by atomic mass is 9.95. The molecular formula is C21H24O4. The predicted molar refractivity (Wildman–Crippen MR) is 96.6 cm³/mol. The van der Waals surface area contributed by atoms with Gasteiger partial charge in [-0.1, -0.05) is 86.8 Å². The molecule has 0 amide bonds. The number of ether oxygens (including phenoxy) is 1. The van der Waals surface area contributed by atoms with Gasteiger partial charge in [0.1, 0.15) is 0 Å². The van der Waals surface area contributed by atoms with Crippen LogP contribution in [0.25, 0.3) is 0 Å². The number of Topliss-reactive ketones (excluding diaryl/α,β-unsaturated/α-hetero) is 2. The molecule has 4 nitrogen and oxygen atoms in total. The second-order valence-corrected chi connectivity index (χ2v) is 5.94. The van der Waals surface area contributed by atoms with Crippen molar-refractivity contribution >= 4 is 11.6 Å². The van der Waals surface area contributed by atoms with Gasteiger partial charge in [-0.3, -0.25) is 9.59 Å². The minimum absolute atomic E-state index is 0.146. The first-order valence-electron chi connectivity index (χ1n) is 8.65. The van der Waals surface area contributed by atoms with Crippen LogP contribution in [0.1, 0.15) is 53.3 Å². The molecule has 0 saturated carbocycles. The van der Waals surface area contributed by atoms with Gasteiger partial charge in [0.15, 0.2) is 0 Å². The van der Waals surface area contributed by atoms with Gasteiger partial charge >= 0.3 is 0 Å². The maximum absolute atomic E-state index is 12.8. The molecule has 0 fully saturated rings. The second kappa shape index (κ2) is 9.25. The van der Waals surface area contributed by atoms with Crippen molar-refractivity contribution in [1.29, 1.82) is 0 Å². The fourth-order valence-electron chi connectivity index (χ4n) is 2.55. The van der Waals surface area contributed by atoms with E-state index in [9.17, 15) is 14.7 Å². The summed E-state index contributed by atoms with van der Waals surface area (Å²) in [6, 6.07) is 16.5. The Bertz CT molecular complexity index is 628. The third-order valence-corrected chi connectivity index (χ3v) is 4.00. The highest BCUT2D eigenvalue weighted by atomic mass is 16.6. The molecule has 132 valence electrons. The number of rotatable bonds is 10.